The van der Waals surface area contributed by atoms with Crippen molar-refractivity contribution in [3.05, 3.63) is 24.2 Å². The van der Waals surface area contributed by atoms with Gasteiger partial charge in [-0.1, -0.05) is 0 Å². The van der Waals surface area contributed by atoms with Crippen molar-refractivity contribution in [3.8, 4) is 0 Å². The van der Waals surface area contributed by atoms with Gasteiger partial charge in [0.15, 0.2) is 5.82 Å². The summed E-state index contributed by atoms with van der Waals surface area (Å²) in [7, 11) is 1.52. The van der Waals surface area contributed by atoms with Gasteiger partial charge in [0, 0.05) is 25.0 Å². The third-order valence-corrected chi connectivity index (χ3v) is 4.06. The van der Waals surface area contributed by atoms with Crippen LogP contribution in [0.5, 0.6) is 0 Å². The minimum Gasteiger partial charge on any atom is -0.364 e. The summed E-state index contributed by atoms with van der Waals surface area (Å²) in [4.78, 5) is 5.66. The molecule has 1 saturated heterocycles. The van der Waals surface area contributed by atoms with Crippen molar-refractivity contribution >= 4 is 11.3 Å². The number of anilines is 1. The summed E-state index contributed by atoms with van der Waals surface area (Å²) in [6, 6.07) is 0.490. The molecule has 1 aliphatic rings. The van der Waals surface area contributed by atoms with Crippen molar-refractivity contribution < 1.29 is 13.2 Å². The van der Waals surface area contributed by atoms with Crippen molar-refractivity contribution in [1.82, 2.24) is 19.5 Å². The molecule has 0 spiro atoms. The maximum Gasteiger partial charge on any atom is 0.404 e. The molecule has 0 aliphatic carbocycles. The van der Waals surface area contributed by atoms with Crippen molar-refractivity contribution in [2.45, 2.75) is 38.0 Å². The second-order valence-corrected chi connectivity index (χ2v) is 5.81. The minimum absolute atomic E-state index is 0.0579. The first-order valence-corrected chi connectivity index (χ1v) is 7.19. The number of nitrogens with one attached hydrogen (secondary N) is 1. The van der Waals surface area contributed by atoms with Gasteiger partial charge in [-0.05, 0) is 32.9 Å². The first kappa shape index (κ1) is 15.1. The van der Waals surface area contributed by atoms with Crippen LogP contribution >= 0.6 is 0 Å². The minimum atomic E-state index is -4.17. The number of aromatic nitrogens is 3. The van der Waals surface area contributed by atoms with Crippen molar-refractivity contribution in [2.75, 3.05) is 18.9 Å². The Kier molecular flexibility index (Phi) is 3.72. The van der Waals surface area contributed by atoms with Gasteiger partial charge in [0.1, 0.15) is 11.6 Å². The lowest BCUT2D eigenvalue weighted by Crippen LogP contribution is -2.52. The summed E-state index contributed by atoms with van der Waals surface area (Å²) < 4.78 is 40.3. The molecule has 1 aliphatic heterocycles. The second-order valence-electron chi connectivity index (χ2n) is 5.81. The molecular weight excluding hydrogens is 295 g/mol. The summed E-state index contributed by atoms with van der Waals surface area (Å²) in [5.74, 6) is 0.659. The average molecular weight is 313 g/mol. The highest BCUT2D eigenvalue weighted by atomic mass is 19.4. The van der Waals surface area contributed by atoms with E-state index in [9.17, 15) is 13.2 Å². The van der Waals surface area contributed by atoms with Crippen LogP contribution < -0.4 is 5.32 Å². The Labute approximate surface area is 126 Å². The summed E-state index contributed by atoms with van der Waals surface area (Å²) in [5, 5.41) is 7.56. The van der Waals surface area contributed by atoms with Gasteiger partial charge < -0.3 is 5.32 Å². The van der Waals surface area contributed by atoms with Crippen LogP contribution in [0.4, 0.5) is 19.0 Å². The smallest absolute Gasteiger partial charge is 0.364 e. The van der Waals surface area contributed by atoms with Crippen LogP contribution in [0.15, 0.2) is 18.5 Å². The molecule has 1 fully saturated rings. The Morgan fingerprint density at radius 3 is 2.77 bits per heavy atom. The molecule has 2 aromatic heterocycles. The lowest BCUT2D eigenvalue weighted by molar-refractivity contribution is -0.187. The van der Waals surface area contributed by atoms with Gasteiger partial charge in [0.05, 0.1) is 5.69 Å². The van der Waals surface area contributed by atoms with Gasteiger partial charge in [-0.15, -0.1) is 0 Å². The molecule has 2 atom stereocenters. The largest absolute Gasteiger partial charge is 0.404 e. The fourth-order valence-electron chi connectivity index (χ4n) is 3.03. The first-order chi connectivity index (χ1) is 10.3. The number of likely N-dealkylation sites (tertiary alicyclic amines) is 1. The third-order valence-electron chi connectivity index (χ3n) is 4.06. The number of likely N-dealkylation sites (N-methyl/N-ethyl adjacent to an activating group) is 1. The SMILES string of the molecule is Cc1cc2c(N[C@@H]3CC[C@H](C(F)(F)F)N(C)C3)nccn2n1. The lowest BCUT2D eigenvalue weighted by atomic mass is 9.98. The summed E-state index contributed by atoms with van der Waals surface area (Å²) in [6.45, 7) is 2.22. The predicted octanol–water partition coefficient (Wildman–Crippen LogP) is 2.47. The lowest BCUT2D eigenvalue weighted by Gasteiger charge is -2.38. The van der Waals surface area contributed by atoms with Gasteiger partial charge in [-0.25, -0.2) is 9.50 Å². The van der Waals surface area contributed by atoms with Crippen LogP contribution in [0.2, 0.25) is 0 Å². The molecule has 3 heterocycles. The molecule has 3 rings (SSSR count). The molecule has 1 N–H and O–H groups in total. The van der Waals surface area contributed by atoms with E-state index in [-0.39, 0.29) is 12.5 Å². The second kappa shape index (κ2) is 5.42. The Morgan fingerprint density at radius 2 is 2.09 bits per heavy atom. The maximum absolute atomic E-state index is 12.9. The topological polar surface area (TPSA) is 45.5 Å². The summed E-state index contributed by atoms with van der Waals surface area (Å²) in [6.07, 6.45) is -0.225. The molecule has 0 radical (unpaired) electrons. The number of alkyl halides is 3. The van der Waals surface area contributed by atoms with Crippen molar-refractivity contribution in [2.24, 2.45) is 0 Å². The van der Waals surface area contributed by atoms with Crippen LogP contribution in [-0.4, -0.2) is 51.4 Å². The Balaban J connectivity index is 1.74. The van der Waals surface area contributed by atoms with Crippen LogP contribution in [0, 0.1) is 6.92 Å². The van der Waals surface area contributed by atoms with E-state index in [1.54, 1.807) is 16.9 Å². The Morgan fingerprint density at radius 1 is 1.32 bits per heavy atom. The van der Waals surface area contributed by atoms with E-state index in [1.165, 1.54) is 11.9 Å². The summed E-state index contributed by atoms with van der Waals surface area (Å²) in [5.41, 5.74) is 1.70. The number of hydrogen-bond donors (Lipinski definition) is 1. The van der Waals surface area contributed by atoms with E-state index in [2.05, 4.69) is 15.4 Å². The number of rotatable bonds is 2. The monoisotopic (exact) mass is 313 g/mol. The zero-order chi connectivity index (χ0) is 15.9. The molecule has 0 amide bonds. The average Bonchev–Trinajstić information content (AvgIpc) is 2.79. The highest BCUT2D eigenvalue weighted by Gasteiger charge is 2.44. The molecule has 2 aromatic rings. The fourth-order valence-corrected chi connectivity index (χ4v) is 3.03. The highest BCUT2D eigenvalue weighted by Crippen LogP contribution is 2.31. The number of fused-ring (bicyclic) bond motifs is 1. The van der Waals surface area contributed by atoms with E-state index in [0.29, 0.717) is 18.8 Å². The molecule has 0 aromatic carbocycles. The number of hydrogen-bond acceptors (Lipinski definition) is 4. The number of nitrogens with zero attached hydrogens (tertiary/aromatic N) is 4. The molecule has 120 valence electrons. The zero-order valence-electron chi connectivity index (χ0n) is 12.4. The molecule has 0 unspecified atom stereocenters. The molecular formula is C14H18F3N5. The van der Waals surface area contributed by atoms with E-state index >= 15 is 0 Å². The van der Waals surface area contributed by atoms with E-state index in [1.807, 2.05) is 13.0 Å². The number of halogens is 3. The molecule has 5 nitrogen and oxygen atoms in total. The highest BCUT2D eigenvalue weighted by molar-refractivity contribution is 5.68. The van der Waals surface area contributed by atoms with Gasteiger partial charge in [0.2, 0.25) is 0 Å². The van der Waals surface area contributed by atoms with Crippen LogP contribution in [0.3, 0.4) is 0 Å². The van der Waals surface area contributed by atoms with Gasteiger partial charge in [-0.3, -0.25) is 4.90 Å². The Bertz CT molecular complexity index is 666. The molecule has 0 bridgehead atoms. The Hall–Kier alpha value is -1.83. The molecule has 0 saturated carbocycles. The van der Waals surface area contributed by atoms with Crippen LogP contribution in [0.1, 0.15) is 18.5 Å². The van der Waals surface area contributed by atoms with Gasteiger partial charge in [-0.2, -0.15) is 18.3 Å². The number of aryl methyl sites for hydroxylation is 1. The predicted molar refractivity (Wildman–Crippen MR) is 76.8 cm³/mol. The van der Waals surface area contributed by atoms with E-state index in [4.69, 9.17) is 0 Å². The van der Waals surface area contributed by atoms with Crippen LogP contribution in [-0.2, 0) is 0 Å². The molecule has 8 heteroatoms. The number of piperidine rings is 1. The van der Waals surface area contributed by atoms with Gasteiger partial charge >= 0.3 is 6.18 Å². The van der Waals surface area contributed by atoms with E-state index in [0.717, 1.165) is 11.2 Å². The van der Waals surface area contributed by atoms with Crippen molar-refractivity contribution in [3.63, 3.8) is 0 Å². The van der Waals surface area contributed by atoms with E-state index < -0.39 is 12.2 Å². The third kappa shape index (κ3) is 2.87. The maximum atomic E-state index is 12.9. The van der Waals surface area contributed by atoms with Crippen LogP contribution in [0.25, 0.3) is 5.52 Å². The first-order valence-electron chi connectivity index (χ1n) is 7.19. The normalized spacial score (nSPS) is 23.9. The quantitative estimate of drug-likeness (QED) is 0.925. The van der Waals surface area contributed by atoms with Gasteiger partial charge in [0.25, 0.3) is 0 Å². The molecule has 22 heavy (non-hydrogen) atoms. The zero-order valence-corrected chi connectivity index (χ0v) is 12.4. The van der Waals surface area contributed by atoms with Crippen molar-refractivity contribution in [1.29, 1.82) is 0 Å². The summed E-state index contributed by atoms with van der Waals surface area (Å²) >= 11 is 0. The standard InChI is InChI=1S/C14H18F3N5/c1-9-7-11-13(18-5-6-22(11)20-9)19-10-3-4-12(14(15,16)17)21(2)8-10/h5-7,10,12H,3-4,8H2,1-2H3,(H,18,19)/t10-,12-/m1/s1. The fraction of sp³-hybridized carbons (Fsp3) is 0.571.